The highest BCUT2D eigenvalue weighted by atomic mass is 32.2. The summed E-state index contributed by atoms with van der Waals surface area (Å²) in [6, 6.07) is 3.72. The predicted molar refractivity (Wildman–Crippen MR) is 102 cm³/mol. The standard InChI is InChI=1S/C17H26N4O5S/c1-11(2)12(3)19-17(22)13-6-8-20(9-7-13)15-5-4-14(21(23)24)10-16(15)27(18,25)26/h4-5,10-13H,6-9H2,1-3H3,(H,19,22)(H2,18,25,26). The first-order valence-electron chi connectivity index (χ1n) is 8.87. The molecule has 1 fully saturated rings. The van der Waals surface area contributed by atoms with Crippen molar-refractivity contribution in [2.24, 2.45) is 17.0 Å². The highest BCUT2D eigenvalue weighted by Crippen LogP contribution is 2.31. The number of nitrogens with one attached hydrogen (secondary N) is 1. The summed E-state index contributed by atoms with van der Waals surface area (Å²) in [5.41, 5.74) is -0.00258. The maximum atomic E-state index is 12.4. The van der Waals surface area contributed by atoms with Gasteiger partial charge < -0.3 is 10.2 Å². The van der Waals surface area contributed by atoms with Crippen LogP contribution in [0.5, 0.6) is 0 Å². The third-order valence-corrected chi connectivity index (χ3v) is 5.98. The number of carbonyl (C=O) groups excluding carboxylic acids is 1. The lowest BCUT2D eigenvalue weighted by atomic mass is 9.94. The minimum Gasteiger partial charge on any atom is -0.370 e. The van der Waals surface area contributed by atoms with Gasteiger partial charge in [0.25, 0.3) is 5.69 Å². The number of amides is 1. The van der Waals surface area contributed by atoms with Crippen molar-refractivity contribution in [3.8, 4) is 0 Å². The average molecular weight is 398 g/mol. The molecule has 150 valence electrons. The van der Waals surface area contributed by atoms with Crippen LogP contribution in [0.15, 0.2) is 23.1 Å². The molecule has 27 heavy (non-hydrogen) atoms. The van der Waals surface area contributed by atoms with Gasteiger partial charge >= 0.3 is 0 Å². The van der Waals surface area contributed by atoms with Gasteiger partial charge in [0.1, 0.15) is 4.90 Å². The van der Waals surface area contributed by atoms with Crippen LogP contribution in [0.1, 0.15) is 33.6 Å². The summed E-state index contributed by atoms with van der Waals surface area (Å²) in [6.45, 7) is 6.98. The zero-order valence-corrected chi connectivity index (χ0v) is 16.5. The second-order valence-electron chi connectivity index (χ2n) is 7.26. The molecule has 0 bridgehead atoms. The Morgan fingerprint density at radius 2 is 1.89 bits per heavy atom. The van der Waals surface area contributed by atoms with Crippen LogP contribution in [0, 0.1) is 22.0 Å². The number of nitrogens with two attached hydrogens (primary N) is 1. The van der Waals surface area contributed by atoms with E-state index in [1.165, 1.54) is 12.1 Å². The SMILES string of the molecule is CC(C)C(C)NC(=O)C1CCN(c2ccc([N+](=O)[O-])cc2S(N)(=O)=O)CC1. The molecule has 0 saturated carbocycles. The van der Waals surface area contributed by atoms with Crippen LogP contribution in [0.2, 0.25) is 0 Å². The second kappa shape index (κ2) is 8.22. The number of hydrogen-bond donors (Lipinski definition) is 2. The Hall–Kier alpha value is -2.20. The van der Waals surface area contributed by atoms with Crippen LogP contribution in [0.25, 0.3) is 0 Å². The predicted octanol–water partition coefficient (Wildman–Crippen LogP) is 1.62. The third-order valence-electron chi connectivity index (χ3n) is 5.04. The van der Waals surface area contributed by atoms with E-state index in [1.807, 2.05) is 20.8 Å². The Morgan fingerprint density at radius 1 is 1.30 bits per heavy atom. The van der Waals surface area contributed by atoms with Crippen molar-refractivity contribution in [1.82, 2.24) is 5.32 Å². The van der Waals surface area contributed by atoms with Gasteiger partial charge in [0.05, 0.1) is 10.6 Å². The summed E-state index contributed by atoms with van der Waals surface area (Å²) in [4.78, 5) is 24.2. The van der Waals surface area contributed by atoms with E-state index in [0.717, 1.165) is 6.07 Å². The molecule has 0 radical (unpaired) electrons. The molecule has 0 spiro atoms. The fourth-order valence-corrected chi connectivity index (χ4v) is 3.77. The number of sulfonamides is 1. The molecule has 2 rings (SSSR count). The fraction of sp³-hybridized carbons (Fsp3) is 0.588. The number of nitro groups is 1. The number of piperidine rings is 1. The van der Waals surface area contributed by atoms with Crippen molar-refractivity contribution in [3.63, 3.8) is 0 Å². The first kappa shape index (κ1) is 21.1. The Bertz CT molecular complexity index is 817. The summed E-state index contributed by atoms with van der Waals surface area (Å²) < 4.78 is 23.8. The van der Waals surface area contributed by atoms with Crippen LogP contribution in [0.3, 0.4) is 0 Å². The van der Waals surface area contributed by atoms with Gasteiger partial charge in [-0.3, -0.25) is 14.9 Å². The summed E-state index contributed by atoms with van der Waals surface area (Å²) in [5, 5.41) is 19.2. The van der Waals surface area contributed by atoms with Crippen molar-refractivity contribution in [3.05, 3.63) is 28.3 Å². The van der Waals surface area contributed by atoms with E-state index in [0.29, 0.717) is 37.5 Å². The molecule has 1 aromatic carbocycles. The molecule has 1 aromatic rings. The molecule has 10 heteroatoms. The lowest BCUT2D eigenvalue weighted by Crippen LogP contribution is -2.44. The first-order chi connectivity index (χ1) is 12.5. The molecule has 1 atom stereocenters. The lowest BCUT2D eigenvalue weighted by Gasteiger charge is -2.34. The molecule has 1 aliphatic rings. The van der Waals surface area contributed by atoms with E-state index in [4.69, 9.17) is 5.14 Å². The molecule has 1 aliphatic heterocycles. The Balaban J connectivity index is 2.14. The largest absolute Gasteiger partial charge is 0.370 e. The van der Waals surface area contributed by atoms with Gasteiger partial charge in [-0.25, -0.2) is 13.6 Å². The number of nitrogens with zero attached hydrogens (tertiary/aromatic N) is 2. The van der Waals surface area contributed by atoms with Gasteiger partial charge in [-0.05, 0) is 31.7 Å². The number of carbonyl (C=O) groups is 1. The monoisotopic (exact) mass is 398 g/mol. The normalized spacial score (nSPS) is 17.0. The molecule has 9 nitrogen and oxygen atoms in total. The van der Waals surface area contributed by atoms with Gasteiger partial charge in [-0.1, -0.05) is 13.8 Å². The molecule has 1 saturated heterocycles. The summed E-state index contributed by atoms with van der Waals surface area (Å²) in [6.07, 6.45) is 1.13. The Kier molecular flexibility index (Phi) is 6.42. The van der Waals surface area contributed by atoms with Gasteiger partial charge in [0.15, 0.2) is 0 Å². The molecule has 1 amide bonds. The zero-order chi connectivity index (χ0) is 20.4. The fourth-order valence-electron chi connectivity index (χ4n) is 3.00. The molecule has 1 heterocycles. The second-order valence-corrected chi connectivity index (χ2v) is 8.79. The highest BCUT2D eigenvalue weighted by molar-refractivity contribution is 7.89. The molecule has 1 unspecified atom stereocenters. The van der Waals surface area contributed by atoms with E-state index in [2.05, 4.69) is 5.32 Å². The van der Waals surface area contributed by atoms with Crippen molar-refractivity contribution >= 4 is 27.3 Å². The number of benzene rings is 1. The van der Waals surface area contributed by atoms with E-state index in [-0.39, 0.29) is 28.4 Å². The summed E-state index contributed by atoms with van der Waals surface area (Å²) in [7, 11) is -4.12. The molecule has 3 N–H and O–H groups in total. The topological polar surface area (TPSA) is 136 Å². The van der Waals surface area contributed by atoms with Crippen molar-refractivity contribution in [2.45, 2.75) is 44.6 Å². The van der Waals surface area contributed by atoms with Crippen LogP contribution in [-0.4, -0.2) is 38.4 Å². The summed E-state index contributed by atoms with van der Waals surface area (Å²) in [5.74, 6) is 0.205. The van der Waals surface area contributed by atoms with E-state index < -0.39 is 14.9 Å². The molecular weight excluding hydrogens is 372 g/mol. The van der Waals surface area contributed by atoms with Crippen LogP contribution in [0.4, 0.5) is 11.4 Å². The number of primary sulfonamides is 1. The Labute approximate surface area is 159 Å². The van der Waals surface area contributed by atoms with E-state index in [1.54, 1.807) is 4.90 Å². The van der Waals surface area contributed by atoms with E-state index in [9.17, 15) is 23.3 Å². The maximum Gasteiger partial charge on any atom is 0.270 e. The third kappa shape index (κ3) is 5.16. The zero-order valence-electron chi connectivity index (χ0n) is 15.7. The average Bonchev–Trinajstić information content (AvgIpc) is 2.60. The highest BCUT2D eigenvalue weighted by Gasteiger charge is 2.29. The maximum absolute atomic E-state index is 12.4. The minimum absolute atomic E-state index is 0.00576. The number of hydrogen-bond acceptors (Lipinski definition) is 6. The molecule has 0 aromatic heterocycles. The number of anilines is 1. The minimum atomic E-state index is -4.12. The number of nitro benzene ring substituents is 1. The van der Waals surface area contributed by atoms with Gasteiger partial charge in [-0.2, -0.15) is 0 Å². The van der Waals surface area contributed by atoms with Crippen LogP contribution < -0.4 is 15.4 Å². The van der Waals surface area contributed by atoms with Crippen molar-refractivity contribution in [1.29, 1.82) is 0 Å². The van der Waals surface area contributed by atoms with Gasteiger partial charge in [-0.15, -0.1) is 0 Å². The first-order valence-corrected chi connectivity index (χ1v) is 10.4. The van der Waals surface area contributed by atoms with Crippen LogP contribution >= 0.6 is 0 Å². The molecular formula is C17H26N4O5S. The summed E-state index contributed by atoms with van der Waals surface area (Å²) >= 11 is 0. The van der Waals surface area contributed by atoms with Gasteiger partial charge in [0.2, 0.25) is 15.9 Å². The van der Waals surface area contributed by atoms with Crippen molar-refractivity contribution < 1.29 is 18.1 Å². The van der Waals surface area contributed by atoms with E-state index >= 15 is 0 Å². The van der Waals surface area contributed by atoms with Gasteiger partial charge in [0, 0.05) is 37.2 Å². The number of rotatable bonds is 6. The Morgan fingerprint density at radius 3 is 2.37 bits per heavy atom. The smallest absolute Gasteiger partial charge is 0.270 e. The quantitative estimate of drug-likeness (QED) is 0.552. The lowest BCUT2D eigenvalue weighted by molar-refractivity contribution is -0.385. The van der Waals surface area contributed by atoms with Crippen molar-refractivity contribution in [2.75, 3.05) is 18.0 Å². The molecule has 0 aliphatic carbocycles. The number of non-ortho nitro benzene ring substituents is 1. The van der Waals surface area contributed by atoms with Crippen LogP contribution in [-0.2, 0) is 14.8 Å².